The van der Waals surface area contributed by atoms with Crippen LogP contribution in [-0.2, 0) is 0 Å². The van der Waals surface area contributed by atoms with Crippen molar-refractivity contribution in [2.75, 3.05) is 24.5 Å². The topological polar surface area (TPSA) is 15.3 Å². The molecule has 0 bridgehead atoms. The average Bonchev–Trinajstić information content (AvgIpc) is 2.45. The van der Waals surface area contributed by atoms with Gasteiger partial charge in [-0.25, -0.2) is 0 Å². The van der Waals surface area contributed by atoms with Crippen LogP contribution in [0.4, 0.5) is 5.69 Å². The molecule has 0 saturated heterocycles. The monoisotopic (exact) mass is 258 g/mol. The molecule has 0 aliphatic rings. The number of hydrogen-bond donors (Lipinski definition) is 1. The first-order chi connectivity index (χ1) is 9.26. The standard InChI is InChI=1S/C17H26N2/c1-5-13-19(14-6-2)16-11-9-15(10-12-16)17(7-3)18-8-4/h5-6,9-12,17-18H,1-2,7-8,13-14H2,3-4H3. The van der Waals surface area contributed by atoms with Crippen LogP contribution in [0.1, 0.15) is 31.9 Å². The highest BCUT2D eigenvalue weighted by atomic mass is 15.1. The zero-order valence-electron chi connectivity index (χ0n) is 12.2. The lowest BCUT2D eigenvalue weighted by molar-refractivity contribution is 0.537. The van der Waals surface area contributed by atoms with Gasteiger partial charge in [0.05, 0.1) is 0 Å². The maximum atomic E-state index is 3.81. The lowest BCUT2D eigenvalue weighted by Crippen LogP contribution is -2.23. The zero-order valence-corrected chi connectivity index (χ0v) is 12.2. The first kappa shape index (κ1) is 15.5. The van der Waals surface area contributed by atoms with Crippen LogP contribution in [0.15, 0.2) is 49.6 Å². The summed E-state index contributed by atoms with van der Waals surface area (Å²) in [4.78, 5) is 2.25. The van der Waals surface area contributed by atoms with Crippen LogP contribution in [0.3, 0.4) is 0 Å². The van der Waals surface area contributed by atoms with Crippen molar-refractivity contribution in [3.8, 4) is 0 Å². The van der Waals surface area contributed by atoms with Crippen LogP contribution >= 0.6 is 0 Å². The molecule has 0 heterocycles. The van der Waals surface area contributed by atoms with Gasteiger partial charge in [0.25, 0.3) is 0 Å². The minimum Gasteiger partial charge on any atom is -0.364 e. The Morgan fingerprint density at radius 2 is 1.68 bits per heavy atom. The van der Waals surface area contributed by atoms with Crippen LogP contribution in [0.25, 0.3) is 0 Å². The van der Waals surface area contributed by atoms with Crippen molar-refractivity contribution in [2.45, 2.75) is 26.3 Å². The van der Waals surface area contributed by atoms with E-state index in [4.69, 9.17) is 0 Å². The molecule has 0 aliphatic heterocycles. The molecule has 19 heavy (non-hydrogen) atoms. The Morgan fingerprint density at radius 1 is 1.11 bits per heavy atom. The van der Waals surface area contributed by atoms with E-state index in [0.717, 1.165) is 26.1 Å². The van der Waals surface area contributed by atoms with Gasteiger partial charge in [0.15, 0.2) is 0 Å². The van der Waals surface area contributed by atoms with Crippen molar-refractivity contribution in [3.63, 3.8) is 0 Å². The quantitative estimate of drug-likeness (QED) is 0.675. The molecule has 1 unspecified atom stereocenters. The second-order valence-electron chi connectivity index (χ2n) is 4.59. The Kier molecular flexibility index (Phi) is 6.98. The molecular weight excluding hydrogens is 232 g/mol. The third-order valence-electron chi connectivity index (χ3n) is 3.22. The normalized spacial score (nSPS) is 11.9. The Morgan fingerprint density at radius 3 is 2.11 bits per heavy atom. The van der Waals surface area contributed by atoms with Gasteiger partial charge < -0.3 is 10.2 Å². The van der Waals surface area contributed by atoms with Gasteiger partial charge in [0, 0.05) is 24.8 Å². The van der Waals surface area contributed by atoms with Crippen LogP contribution in [0.5, 0.6) is 0 Å². The predicted molar refractivity (Wildman–Crippen MR) is 85.8 cm³/mol. The van der Waals surface area contributed by atoms with Gasteiger partial charge in [-0.15, -0.1) is 13.2 Å². The molecule has 0 aliphatic carbocycles. The van der Waals surface area contributed by atoms with Crippen LogP contribution in [-0.4, -0.2) is 19.6 Å². The van der Waals surface area contributed by atoms with Crippen molar-refractivity contribution in [2.24, 2.45) is 0 Å². The smallest absolute Gasteiger partial charge is 0.0372 e. The maximum Gasteiger partial charge on any atom is 0.0372 e. The summed E-state index contributed by atoms with van der Waals surface area (Å²) in [6, 6.07) is 9.24. The Hall–Kier alpha value is -1.54. The zero-order chi connectivity index (χ0) is 14.1. The average molecular weight is 258 g/mol. The van der Waals surface area contributed by atoms with Crippen molar-refractivity contribution in [1.29, 1.82) is 0 Å². The van der Waals surface area contributed by atoms with Crippen LogP contribution < -0.4 is 10.2 Å². The lowest BCUT2D eigenvalue weighted by atomic mass is 10.0. The first-order valence-corrected chi connectivity index (χ1v) is 7.06. The molecular formula is C17H26N2. The summed E-state index contributed by atoms with van der Waals surface area (Å²) < 4.78 is 0. The molecule has 1 N–H and O–H groups in total. The summed E-state index contributed by atoms with van der Waals surface area (Å²) in [7, 11) is 0. The van der Waals surface area contributed by atoms with Gasteiger partial charge in [0.2, 0.25) is 0 Å². The number of rotatable bonds is 9. The molecule has 0 radical (unpaired) electrons. The van der Waals surface area contributed by atoms with Crippen molar-refractivity contribution < 1.29 is 0 Å². The summed E-state index contributed by atoms with van der Waals surface area (Å²) in [6.07, 6.45) is 4.95. The maximum absolute atomic E-state index is 3.81. The van der Waals surface area contributed by atoms with Gasteiger partial charge in [0.1, 0.15) is 0 Å². The van der Waals surface area contributed by atoms with Crippen LogP contribution in [0.2, 0.25) is 0 Å². The highest BCUT2D eigenvalue weighted by Crippen LogP contribution is 2.21. The highest BCUT2D eigenvalue weighted by Gasteiger charge is 2.08. The molecule has 2 heteroatoms. The van der Waals surface area contributed by atoms with Crippen molar-refractivity contribution in [3.05, 3.63) is 55.1 Å². The van der Waals surface area contributed by atoms with E-state index in [2.05, 4.69) is 61.5 Å². The molecule has 0 aromatic heterocycles. The van der Waals surface area contributed by atoms with Gasteiger partial charge in [-0.2, -0.15) is 0 Å². The molecule has 0 fully saturated rings. The molecule has 1 atom stereocenters. The fourth-order valence-corrected chi connectivity index (χ4v) is 2.26. The fraction of sp³-hybridized carbons (Fsp3) is 0.412. The lowest BCUT2D eigenvalue weighted by Gasteiger charge is -2.23. The predicted octanol–water partition coefficient (Wildman–Crippen LogP) is 3.93. The summed E-state index contributed by atoms with van der Waals surface area (Å²) >= 11 is 0. The van der Waals surface area contributed by atoms with Crippen LogP contribution in [0, 0.1) is 0 Å². The minimum atomic E-state index is 0.450. The Labute approximate surface area is 117 Å². The second kappa shape index (κ2) is 8.54. The third-order valence-corrected chi connectivity index (χ3v) is 3.22. The van der Waals surface area contributed by atoms with Gasteiger partial charge in [-0.3, -0.25) is 0 Å². The number of nitrogens with one attached hydrogen (secondary N) is 1. The van der Waals surface area contributed by atoms with Crippen molar-refractivity contribution >= 4 is 5.69 Å². The Bertz CT molecular complexity index is 371. The molecule has 1 aromatic rings. The van der Waals surface area contributed by atoms with Gasteiger partial charge in [-0.05, 0) is 30.7 Å². The number of nitrogens with zero attached hydrogens (tertiary/aromatic N) is 1. The molecule has 0 amide bonds. The van der Waals surface area contributed by atoms with E-state index in [0.29, 0.717) is 6.04 Å². The third kappa shape index (κ3) is 4.56. The highest BCUT2D eigenvalue weighted by molar-refractivity contribution is 5.49. The fourth-order valence-electron chi connectivity index (χ4n) is 2.26. The second-order valence-corrected chi connectivity index (χ2v) is 4.59. The SMILES string of the molecule is C=CCN(CC=C)c1ccc(C(CC)NCC)cc1. The number of anilines is 1. The summed E-state index contributed by atoms with van der Waals surface area (Å²) in [5, 5.41) is 3.50. The molecule has 1 aromatic carbocycles. The van der Waals surface area contributed by atoms with E-state index in [9.17, 15) is 0 Å². The molecule has 2 nitrogen and oxygen atoms in total. The molecule has 0 saturated carbocycles. The largest absolute Gasteiger partial charge is 0.364 e. The molecule has 1 rings (SSSR count). The summed E-state index contributed by atoms with van der Waals surface area (Å²) in [5.74, 6) is 0. The molecule has 0 spiro atoms. The van der Waals surface area contributed by atoms with E-state index in [1.807, 2.05) is 12.2 Å². The summed E-state index contributed by atoms with van der Waals surface area (Å²) in [5.41, 5.74) is 2.57. The number of hydrogen-bond acceptors (Lipinski definition) is 2. The van der Waals surface area contributed by atoms with E-state index in [-0.39, 0.29) is 0 Å². The first-order valence-electron chi connectivity index (χ1n) is 7.06. The van der Waals surface area contributed by atoms with E-state index in [1.165, 1.54) is 11.3 Å². The van der Waals surface area contributed by atoms with E-state index < -0.39 is 0 Å². The summed E-state index contributed by atoms with van der Waals surface area (Å²) in [6.45, 7) is 14.7. The number of benzene rings is 1. The van der Waals surface area contributed by atoms with Crippen molar-refractivity contribution in [1.82, 2.24) is 5.32 Å². The van der Waals surface area contributed by atoms with E-state index in [1.54, 1.807) is 0 Å². The van der Waals surface area contributed by atoms with Gasteiger partial charge >= 0.3 is 0 Å². The Balaban J connectivity index is 2.83. The minimum absolute atomic E-state index is 0.450. The van der Waals surface area contributed by atoms with E-state index >= 15 is 0 Å². The molecule has 104 valence electrons. The van der Waals surface area contributed by atoms with Gasteiger partial charge in [-0.1, -0.05) is 38.1 Å².